The summed E-state index contributed by atoms with van der Waals surface area (Å²) in [5, 5.41) is 0. The van der Waals surface area contributed by atoms with Gasteiger partial charge in [0, 0.05) is 32.9 Å². The van der Waals surface area contributed by atoms with Crippen molar-refractivity contribution in [2.45, 2.75) is 39.7 Å². The van der Waals surface area contributed by atoms with Gasteiger partial charge in [-0.15, -0.1) is 0 Å². The number of hydrogen-bond acceptors (Lipinski definition) is 3. The zero-order chi connectivity index (χ0) is 14.0. The van der Waals surface area contributed by atoms with Crippen LogP contribution < -0.4 is 4.90 Å². The van der Waals surface area contributed by atoms with E-state index in [4.69, 9.17) is 0 Å². The Morgan fingerprint density at radius 1 is 1.42 bits per heavy atom. The summed E-state index contributed by atoms with van der Waals surface area (Å²) in [6.07, 6.45) is 4.66. The molecule has 1 aromatic heterocycles. The van der Waals surface area contributed by atoms with Gasteiger partial charge in [0.1, 0.15) is 5.82 Å². The fourth-order valence-electron chi connectivity index (χ4n) is 3.13. The summed E-state index contributed by atoms with van der Waals surface area (Å²) in [5.74, 6) is 1.81. The third-order valence-corrected chi connectivity index (χ3v) is 3.84. The topological polar surface area (TPSA) is 19.4 Å². The highest BCUT2D eigenvalue weighted by molar-refractivity contribution is 5.46. The fraction of sp³-hybridized carbons (Fsp3) is 0.688. The van der Waals surface area contributed by atoms with E-state index >= 15 is 0 Å². The lowest BCUT2D eigenvalue weighted by Gasteiger charge is -2.27. The predicted octanol–water partition coefficient (Wildman–Crippen LogP) is 3.25. The zero-order valence-electron chi connectivity index (χ0n) is 13.0. The summed E-state index contributed by atoms with van der Waals surface area (Å²) >= 11 is 0. The molecule has 0 bridgehead atoms. The summed E-state index contributed by atoms with van der Waals surface area (Å²) in [7, 11) is 4.10. The first-order chi connectivity index (χ1) is 8.99. The first kappa shape index (κ1) is 14.3. The minimum atomic E-state index is 0.574. The Labute approximate surface area is 117 Å². The number of anilines is 1. The molecule has 0 spiro atoms. The van der Waals surface area contributed by atoms with Gasteiger partial charge in [0.25, 0.3) is 0 Å². The smallest absolute Gasteiger partial charge is 0.130 e. The Balaban J connectivity index is 2.19. The van der Waals surface area contributed by atoms with Crippen LogP contribution in [-0.4, -0.2) is 37.1 Å². The molecule has 1 atom stereocenters. The lowest BCUT2D eigenvalue weighted by molar-refractivity contribution is 0.228. The van der Waals surface area contributed by atoms with Crippen LogP contribution >= 0.6 is 0 Å². The molecule has 3 heteroatoms. The average molecular weight is 261 g/mol. The molecule has 0 radical (unpaired) electrons. The van der Waals surface area contributed by atoms with Crippen LogP contribution in [0, 0.1) is 12.8 Å². The first-order valence-electron chi connectivity index (χ1n) is 7.37. The second-order valence-corrected chi connectivity index (χ2v) is 6.35. The van der Waals surface area contributed by atoms with Crippen molar-refractivity contribution in [3.8, 4) is 0 Å². The number of rotatable bonds is 4. The molecule has 1 aliphatic rings. The number of aryl methyl sites for hydroxylation is 1. The first-order valence-corrected chi connectivity index (χ1v) is 7.37. The highest BCUT2D eigenvalue weighted by Crippen LogP contribution is 2.33. The van der Waals surface area contributed by atoms with Crippen molar-refractivity contribution in [2.75, 3.05) is 32.1 Å². The fourth-order valence-corrected chi connectivity index (χ4v) is 3.13. The van der Waals surface area contributed by atoms with Crippen molar-refractivity contribution in [1.82, 2.24) is 9.88 Å². The maximum absolute atomic E-state index is 4.64. The molecule has 19 heavy (non-hydrogen) atoms. The highest BCUT2D eigenvalue weighted by Gasteiger charge is 2.26. The quantitative estimate of drug-likeness (QED) is 0.829. The second kappa shape index (κ2) is 5.91. The largest absolute Gasteiger partial charge is 0.363 e. The van der Waals surface area contributed by atoms with Crippen molar-refractivity contribution in [2.24, 2.45) is 5.92 Å². The van der Waals surface area contributed by atoms with Gasteiger partial charge >= 0.3 is 0 Å². The summed E-state index contributed by atoms with van der Waals surface area (Å²) in [6.45, 7) is 9.19. The molecule has 2 heterocycles. The van der Waals surface area contributed by atoms with Crippen LogP contribution in [0.1, 0.15) is 43.9 Å². The van der Waals surface area contributed by atoms with Gasteiger partial charge < -0.3 is 4.90 Å². The molecule has 1 unspecified atom stereocenters. The molecule has 1 saturated heterocycles. The predicted molar refractivity (Wildman–Crippen MR) is 81.7 cm³/mol. The van der Waals surface area contributed by atoms with E-state index in [-0.39, 0.29) is 0 Å². The van der Waals surface area contributed by atoms with Gasteiger partial charge in [-0.05, 0) is 49.4 Å². The zero-order valence-corrected chi connectivity index (χ0v) is 13.0. The van der Waals surface area contributed by atoms with Crippen molar-refractivity contribution in [3.05, 3.63) is 23.4 Å². The van der Waals surface area contributed by atoms with E-state index in [1.54, 1.807) is 0 Å². The van der Waals surface area contributed by atoms with Crippen molar-refractivity contribution < 1.29 is 0 Å². The molecule has 0 amide bonds. The molecule has 2 rings (SSSR count). The summed E-state index contributed by atoms with van der Waals surface area (Å²) in [5.41, 5.74) is 2.67. The molecule has 1 aliphatic heterocycles. The number of aromatic nitrogens is 1. The lowest BCUT2D eigenvalue weighted by Crippen LogP contribution is -2.27. The second-order valence-electron chi connectivity index (χ2n) is 6.35. The maximum atomic E-state index is 4.64. The number of hydrogen-bond donors (Lipinski definition) is 0. The van der Waals surface area contributed by atoms with E-state index in [1.165, 1.54) is 37.1 Å². The van der Waals surface area contributed by atoms with Crippen LogP contribution in [0.2, 0.25) is 0 Å². The average Bonchev–Trinajstić information content (AvgIpc) is 2.75. The van der Waals surface area contributed by atoms with E-state index < -0.39 is 0 Å². The van der Waals surface area contributed by atoms with Crippen molar-refractivity contribution in [3.63, 3.8) is 0 Å². The van der Waals surface area contributed by atoms with Crippen LogP contribution in [0.3, 0.4) is 0 Å². The molecule has 0 saturated carbocycles. The molecule has 0 aromatic carbocycles. The van der Waals surface area contributed by atoms with Gasteiger partial charge in [0.15, 0.2) is 0 Å². The van der Waals surface area contributed by atoms with Crippen LogP contribution in [0.15, 0.2) is 12.3 Å². The molecule has 106 valence electrons. The van der Waals surface area contributed by atoms with Gasteiger partial charge in [-0.25, -0.2) is 4.98 Å². The van der Waals surface area contributed by atoms with Crippen LogP contribution in [-0.2, 0) is 0 Å². The highest BCUT2D eigenvalue weighted by atomic mass is 15.2. The lowest BCUT2D eigenvalue weighted by atomic mass is 10.0. The minimum Gasteiger partial charge on any atom is -0.363 e. The minimum absolute atomic E-state index is 0.574. The Kier molecular flexibility index (Phi) is 4.46. The summed E-state index contributed by atoms with van der Waals surface area (Å²) < 4.78 is 0. The summed E-state index contributed by atoms with van der Waals surface area (Å²) in [6, 6.07) is 2.90. The standard InChI is InChI=1S/C16H27N3/c1-12(2)11-19-8-6-7-15(19)14-9-13(3)16(17-10-14)18(4)5/h9-10,12,15H,6-8,11H2,1-5H3. The number of pyridine rings is 1. The van der Waals surface area contributed by atoms with E-state index in [9.17, 15) is 0 Å². The number of likely N-dealkylation sites (tertiary alicyclic amines) is 1. The molecular weight excluding hydrogens is 234 g/mol. The van der Waals surface area contributed by atoms with Gasteiger partial charge in [-0.1, -0.05) is 13.8 Å². The van der Waals surface area contributed by atoms with Crippen LogP contribution in [0.4, 0.5) is 5.82 Å². The molecular formula is C16H27N3. The third-order valence-electron chi connectivity index (χ3n) is 3.84. The molecule has 0 aliphatic carbocycles. The maximum Gasteiger partial charge on any atom is 0.130 e. The molecule has 1 aromatic rings. The van der Waals surface area contributed by atoms with E-state index in [0.717, 1.165) is 11.7 Å². The number of nitrogens with zero attached hydrogens (tertiary/aromatic N) is 3. The van der Waals surface area contributed by atoms with Gasteiger partial charge in [0.05, 0.1) is 0 Å². The molecule has 0 N–H and O–H groups in total. The Bertz CT molecular complexity index is 426. The van der Waals surface area contributed by atoms with E-state index in [1.807, 2.05) is 0 Å². The SMILES string of the molecule is Cc1cc(C2CCCN2CC(C)C)cnc1N(C)C. The molecule has 3 nitrogen and oxygen atoms in total. The van der Waals surface area contributed by atoms with Crippen molar-refractivity contribution >= 4 is 5.82 Å². The Morgan fingerprint density at radius 2 is 2.16 bits per heavy atom. The Morgan fingerprint density at radius 3 is 2.74 bits per heavy atom. The van der Waals surface area contributed by atoms with Gasteiger partial charge in [-0.2, -0.15) is 0 Å². The monoisotopic (exact) mass is 261 g/mol. The molecule has 1 fully saturated rings. The van der Waals surface area contributed by atoms with Crippen molar-refractivity contribution in [1.29, 1.82) is 0 Å². The van der Waals surface area contributed by atoms with Gasteiger partial charge in [0.2, 0.25) is 0 Å². The third kappa shape index (κ3) is 3.27. The summed E-state index contributed by atoms with van der Waals surface area (Å²) in [4.78, 5) is 9.34. The Hall–Kier alpha value is -1.09. The van der Waals surface area contributed by atoms with Crippen LogP contribution in [0.5, 0.6) is 0 Å². The van der Waals surface area contributed by atoms with Gasteiger partial charge in [-0.3, -0.25) is 4.90 Å². The van der Waals surface area contributed by atoms with E-state index in [2.05, 4.69) is 61.9 Å². The van der Waals surface area contributed by atoms with Crippen LogP contribution in [0.25, 0.3) is 0 Å². The normalized spacial score (nSPS) is 20.2. The van der Waals surface area contributed by atoms with E-state index in [0.29, 0.717) is 6.04 Å².